The first-order valence-electron chi connectivity index (χ1n) is 10.1. The molecule has 0 radical (unpaired) electrons. The minimum absolute atomic E-state index is 0.0883. The number of primary amides is 1. The maximum Gasteiger partial charge on any atom is 0.260 e. The number of hydrogen-bond acceptors (Lipinski definition) is 3. The zero-order chi connectivity index (χ0) is 21.4. The van der Waals surface area contributed by atoms with Crippen LogP contribution in [-0.2, 0) is 16.1 Å². The van der Waals surface area contributed by atoms with E-state index in [2.05, 4.69) is 6.07 Å². The van der Waals surface area contributed by atoms with Crippen LogP contribution in [-0.4, -0.2) is 29.0 Å². The molecular weight excluding hydrogens is 390 g/mol. The zero-order valence-electron chi connectivity index (χ0n) is 16.8. The van der Waals surface area contributed by atoms with Crippen molar-refractivity contribution < 1.29 is 14.3 Å². The first-order valence-corrected chi connectivity index (χ1v) is 10.1. The van der Waals surface area contributed by atoms with Gasteiger partial charge in [-0.2, -0.15) is 0 Å². The van der Waals surface area contributed by atoms with Crippen LogP contribution in [0, 0.1) is 0 Å². The molecule has 0 fully saturated rings. The van der Waals surface area contributed by atoms with Gasteiger partial charge in [-0.15, -0.1) is 0 Å². The smallest absolute Gasteiger partial charge is 0.260 e. The van der Waals surface area contributed by atoms with E-state index in [4.69, 9.17) is 10.5 Å². The van der Waals surface area contributed by atoms with Crippen LogP contribution < -0.4 is 15.4 Å². The third-order valence-electron chi connectivity index (χ3n) is 5.57. The molecule has 1 atom stereocenters. The van der Waals surface area contributed by atoms with Gasteiger partial charge in [-0.05, 0) is 29.8 Å². The highest BCUT2D eigenvalue weighted by Crippen LogP contribution is 2.34. The quantitative estimate of drug-likeness (QED) is 0.558. The van der Waals surface area contributed by atoms with Crippen LogP contribution >= 0.6 is 0 Å². The highest BCUT2D eigenvalue weighted by atomic mass is 16.5. The van der Waals surface area contributed by atoms with Crippen molar-refractivity contribution >= 4 is 28.4 Å². The molecule has 1 aromatic heterocycles. The lowest BCUT2D eigenvalue weighted by Gasteiger charge is -2.33. The summed E-state index contributed by atoms with van der Waals surface area (Å²) < 4.78 is 7.72. The van der Waals surface area contributed by atoms with Crippen molar-refractivity contribution in [2.24, 2.45) is 5.73 Å². The summed E-state index contributed by atoms with van der Waals surface area (Å²) in [5.41, 5.74) is 9.10. The molecule has 1 aliphatic heterocycles. The first kappa shape index (κ1) is 18.9. The second-order valence-electron chi connectivity index (χ2n) is 7.52. The molecule has 0 bridgehead atoms. The van der Waals surface area contributed by atoms with E-state index in [1.807, 2.05) is 71.3 Å². The monoisotopic (exact) mass is 411 g/mol. The van der Waals surface area contributed by atoms with Crippen molar-refractivity contribution in [3.8, 4) is 17.0 Å². The van der Waals surface area contributed by atoms with Gasteiger partial charge in [-0.3, -0.25) is 9.59 Å². The molecule has 4 aromatic rings. The number of aromatic nitrogens is 1. The van der Waals surface area contributed by atoms with Gasteiger partial charge in [-0.25, -0.2) is 0 Å². The number of para-hydroxylation sites is 3. The van der Waals surface area contributed by atoms with Crippen molar-refractivity contribution in [3.05, 3.63) is 84.9 Å². The average molecular weight is 411 g/mol. The Kier molecular flexibility index (Phi) is 4.67. The number of hydrogen-bond donors (Lipinski definition) is 1. The van der Waals surface area contributed by atoms with Gasteiger partial charge in [0.1, 0.15) is 12.3 Å². The SMILES string of the molecule is NC(=O)C1CN(C(=O)Cn2c(-c3ccccc3)cc3ccccc32)c2ccccc2O1. The number of benzene rings is 3. The fourth-order valence-electron chi connectivity index (χ4n) is 4.07. The summed E-state index contributed by atoms with van der Waals surface area (Å²) in [4.78, 5) is 26.9. The van der Waals surface area contributed by atoms with Crippen LogP contribution in [0.1, 0.15) is 0 Å². The van der Waals surface area contributed by atoms with Crippen LogP contribution in [0.5, 0.6) is 5.75 Å². The summed E-state index contributed by atoms with van der Waals surface area (Å²) in [6.07, 6.45) is -0.881. The van der Waals surface area contributed by atoms with E-state index in [0.29, 0.717) is 11.4 Å². The Balaban J connectivity index is 1.56. The number of ether oxygens (including phenoxy) is 1. The Morgan fingerprint density at radius 1 is 0.935 bits per heavy atom. The number of carbonyl (C=O) groups excluding carboxylic acids is 2. The topological polar surface area (TPSA) is 77.6 Å². The van der Waals surface area contributed by atoms with Crippen molar-refractivity contribution in [3.63, 3.8) is 0 Å². The molecule has 154 valence electrons. The highest BCUT2D eigenvalue weighted by molar-refractivity contribution is 5.98. The van der Waals surface area contributed by atoms with Crippen LogP contribution in [0.2, 0.25) is 0 Å². The van der Waals surface area contributed by atoms with Gasteiger partial charge in [0.05, 0.1) is 12.2 Å². The Hall–Kier alpha value is -4.06. The molecule has 0 saturated heterocycles. The largest absolute Gasteiger partial charge is 0.477 e. The van der Waals surface area contributed by atoms with Crippen molar-refractivity contribution in [1.82, 2.24) is 4.57 Å². The third-order valence-corrected chi connectivity index (χ3v) is 5.57. The second kappa shape index (κ2) is 7.65. The van der Waals surface area contributed by atoms with E-state index in [9.17, 15) is 9.59 Å². The van der Waals surface area contributed by atoms with Gasteiger partial charge < -0.3 is 19.9 Å². The Labute approximate surface area is 179 Å². The Bertz CT molecular complexity index is 1280. The molecule has 31 heavy (non-hydrogen) atoms. The molecule has 6 heteroatoms. The summed E-state index contributed by atoms with van der Waals surface area (Å²) in [5.74, 6) is -0.254. The van der Waals surface area contributed by atoms with E-state index < -0.39 is 12.0 Å². The van der Waals surface area contributed by atoms with Crippen LogP contribution in [0.3, 0.4) is 0 Å². The second-order valence-corrected chi connectivity index (χ2v) is 7.52. The molecule has 6 nitrogen and oxygen atoms in total. The summed E-state index contributed by atoms with van der Waals surface area (Å²) in [6, 6.07) is 27.3. The van der Waals surface area contributed by atoms with Gasteiger partial charge in [0.15, 0.2) is 6.10 Å². The average Bonchev–Trinajstić information content (AvgIpc) is 3.17. The van der Waals surface area contributed by atoms with E-state index in [1.54, 1.807) is 17.0 Å². The minimum Gasteiger partial charge on any atom is -0.477 e. The molecule has 0 spiro atoms. The first-order chi connectivity index (χ1) is 15.1. The van der Waals surface area contributed by atoms with Crippen molar-refractivity contribution in [2.75, 3.05) is 11.4 Å². The molecule has 0 saturated carbocycles. The lowest BCUT2D eigenvalue weighted by molar-refractivity contribution is -0.125. The number of nitrogens with zero attached hydrogens (tertiary/aromatic N) is 2. The van der Waals surface area contributed by atoms with Crippen LogP contribution in [0.15, 0.2) is 84.9 Å². The number of amides is 2. The maximum absolute atomic E-state index is 13.5. The lowest BCUT2D eigenvalue weighted by Crippen LogP contribution is -2.50. The minimum atomic E-state index is -0.881. The summed E-state index contributed by atoms with van der Waals surface area (Å²) in [5, 5.41) is 1.06. The normalized spacial score (nSPS) is 15.4. The number of rotatable bonds is 4. The van der Waals surface area contributed by atoms with E-state index in [-0.39, 0.29) is 19.0 Å². The molecule has 0 aliphatic carbocycles. The van der Waals surface area contributed by atoms with Crippen LogP contribution in [0.25, 0.3) is 22.2 Å². The zero-order valence-corrected chi connectivity index (χ0v) is 16.8. The summed E-state index contributed by atoms with van der Waals surface area (Å²) in [6.45, 7) is 0.211. The number of nitrogens with two attached hydrogens (primary N) is 1. The van der Waals surface area contributed by atoms with Gasteiger partial charge >= 0.3 is 0 Å². The Morgan fingerprint density at radius 2 is 1.65 bits per heavy atom. The molecule has 2 heterocycles. The van der Waals surface area contributed by atoms with Crippen LogP contribution in [0.4, 0.5) is 5.69 Å². The van der Waals surface area contributed by atoms with Gasteiger partial charge in [0.2, 0.25) is 5.91 Å². The fraction of sp³-hybridized carbons (Fsp3) is 0.120. The van der Waals surface area contributed by atoms with E-state index >= 15 is 0 Å². The van der Waals surface area contributed by atoms with Gasteiger partial charge in [0, 0.05) is 16.6 Å². The Morgan fingerprint density at radius 3 is 2.45 bits per heavy atom. The summed E-state index contributed by atoms with van der Waals surface area (Å²) >= 11 is 0. The third kappa shape index (κ3) is 3.42. The predicted molar refractivity (Wildman–Crippen MR) is 120 cm³/mol. The standard InChI is InChI=1S/C25H21N3O3/c26-25(30)23-15-28(20-12-6-7-13-22(20)31-23)24(29)16-27-19-11-5-4-10-18(19)14-21(27)17-8-2-1-3-9-17/h1-14,23H,15-16H2,(H2,26,30). The molecule has 5 rings (SSSR count). The number of carbonyl (C=O) groups is 2. The predicted octanol–water partition coefficient (Wildman–Crippen LogP) is 3.59. The molecule has 3 aromatic carbocycles. The molecule has 2 N–H and O–H groups in total. The maximum atomic E-state index is 13.5. The number of fused-ring (bicyclic) bond motifs is 2. The number of anilines is 1. The van der Waals surface area contributed by atoms with E-state index in [0.717, 1.165) is 22.2 Å². The van der Waals surface area contributed by atoms with E-state index in [1.165, 1.54) is 0 Å². The molecule has 1 unspecified atom stereocenters. The van der Waals surface area contributed by atoms with Crippen molar-refractivity contribution in [2.45, 2.75) is 12.6 Å². The highest BCUT2D eigenvalue weighted by Gasteiger charge is 2.33. The molecule has 2 amide bonds. The van der Waals surface area contributed by atoms with Gasteiger partial charge in [-0.1, -0.05) is 60.7 Å². The van der Waals surface area contributed by atoms with Gasteiger partial charge in [0.25, 0.3) is 5.91 Å². The molecule has 1 aliphatic rings. The summed E-state index contributed by atoms with van der Waals surface area (Å²) in [7, 11) is 0. The fourth-order valence-corrected chi connectivity index (χ4v) is 4.07. The lowest BCUT2D eigenvalue weighted by atomic mass is 10.1. The van der Waals surface area contributed by atoms with Crippen molar-refractivity contribution in [1.29, 1.82) is 0 Å². The molecular formula is C25H21N3O3.